The van der Waals surface area contributed by atoms with Gasteiger partial charge >= 0.3 is 0 Å². The van der Waals surface area contributed by atoms with Crippen LogP contribution in [0.5, 0.6) is 0 Å². The molecule has 0 amide bonds. The third-order valence-electron chi connectivity index (χ3n) is 8.53. The highest BCUT2D eigenvalue weighted by Gasteiger charge is 2.59. The van der Waals surface area contributed by atoms with Crippen LogP contribution in [0.3, 0.4) is 0 Å². The molecule has 0 bridgehead atoms. The van der Waals surface area contributed by atoms with Crippen LogP contribution < -0.4 is 5.84 Å². The van der Waals surface area contributed by atoms with Crippen LogP contribution in [-0.4, -0.2) is 16.9 Å². The summed E-state index contributed by atoms with van der Waals surface area (Å²) in [4.78, 5) is 0. The van der Waals surface area contributed by atoms with Crippen molar-refractivity contribution in [3.63, 3.8) is 0 Å². The summed E-state index contributed by atoms with van der Waals surface area (Å²) in [6.45, 7) is 4.99. The van der Waals surface area contributed by atoms with E-state index in [1.54, 1.807) is 0 Å². The van der Waals surface area contributed by atoms with E-state index in [0.717, 1.165) is 42.9 Å². The molecule has 0 aromatic rings. The highest BCUT2D eigenvalue weighted by atomic mass is 16.3. The molecule has 0 aromatic heterocycles. The molecule has 4 rings (SSSR count). The monoisotopic (exact) mass is 304 g/mol. The molecule has 0 aromatic carbocycles. The largest absolute Gasteiger partial charge is 0.393 e. The zero-order valence-electron chi connectivity index (χ0n) is 14.2. The number of hydrogen-bond donors (Lipinski definition) is 2. The van der Waals surface area contributed by atoms with Gasteiger partial charge in [-0.25, -0.2) is 0 Å². The molecule has 3 heteroatoms. The van der Waals surface area contributed by atoms with Crippen molar-refractivity contribution in [3.05, 3.63) is 0 Å². The molecule has 0 aliphatic heterocycles. The summed E-state index contributed by atoms with van der Waals surface area (Å²) >= 11 is 0. The average molecular weight is 304 g/mol. The van der Waals surface area contributed by atoms with E-state index in [1.165, 1.54) is 44.2 Å². The van der Waals surface area contributed by atoms with E-state index in [4.69, 9.17) is 5.84 Å². The van der Waals surface area contributed by atoms with Crippen LogP contribution >= 0.6 is 0 Å². The Morgan fingerprint density at radius 1 is 1.05 bits per heavy atom. The lowest BCUT2D eigenvalue weighted by atomic mass is 9.45. The molecule has 0 unspecified atom stereocenters. The van der Waals surface area contributed by atoms with E-state index in [0.29, 0.717) is 5.41 Å². The van der Waals surface area contributed by atoms with Crippen molar-refractivity contribution in [2.24, 2.45) is 45.4 Å². The Morgan fingerprint density at radius 2 is 1.86 bits per heavy atom. The first-order valence-electron chi connectivity index (χ1n) is 9.44. The molecular weight excluding hydrogens is 272 g/mol. The standard InChI is InChI=1S/C19H32N2O/c1-18-9-7-13(22)11-12(18)3-4-14-15-5-6-17(21-20)19(15,2)10-8-16(14)18/h12-16,22H,3-11,20H2,1-2H3/b21-17+/t12-,13+,14+,15-,16+,18-,19-/m0/s1. The molecule has 0 heterocycles. The maximum atomic E-state index is 10.1. The molecule has 0 radical (unpaired) electrons. The van der Waals surface area contributed by atoms with Gasteiger partial charge in [0.1, 0.15) is 0 Å². The van der Waals surface area contributed by atoms with Crippen molar-refractivity contribution in [2.75, 3.05) is 0 Å². The zero-order chi connectivity index (χ0) is 15.5. The van der Waals surface area contributed by atoms with Crippen molar-refractivity contribution >= 4 is 5.71 Å². The number of fused-ring (bicyclic) bond motifs is 5. The Bertz CT molecular complexity index is 490. The van der Waals surface area contributed by atoms with Gasteiger partial charge in [0, 0.05) is 11.1 Å². The van der Waals surface area contributed by atoms with E-state index in [1.807, 2.05) is 0 Å². The minimum atomic E-state index is -0.0362. The third-order valence-corrected chi connectivity index (χ3v) is 8.53. The molecule has 4 fully saturated rings. The maximum absolute atomic E-state index is 10.1. The number of nitrogens with two attached hydrogens (primary N) is 1. The third kappa shape index (κ3) is 1.87. The maximum Gasteiger partial charge on any atom is 0.0543 e. The first-order valence-corrected chi connectivity index (χ1v) is 9.44. The summed E-state index contributed by atoms with van der Waals surface area (Å²) in [6, 6.07) is 0. The summed E-state index contributed by atoms with van der Waals surface area (Å²) in [5.41, 5.74) is 2.06. The zero-order valence-corrected chi connectivity index (χ0v) is 14.2. The van der Waals surface area contributed by atoms with E-state index in [2.05, 4.69) is 18.9 Å². The number of aliphatic hydroxyl groups excluding tert-OH is 1. The van der Waals surface area contributed by atoms with Crippen LogP contribution in [0, 0.1) is 34.5 Å². The highest BCUT2D eigenvalue weighted by Crippen LogP contribution is 2.65. The summed E-state index contributed by atoms with van der Waals surface area (Å²) in [5.74, 6) is 9.00. The van der Waals surface area contributed by atoms with Crippen molar-refractivity contribution in [3.8, 4) is 0 Å². The molecule has 124 valence electrons. The van der Waals surface area contributed by atoms with Crippen molar-refractivity contribution < 1.29 is 5.11 Å². The minimum Gasteiger partial charge on any atom is -0.393 e. The highest BCUT2D eigenvalue weighted by molar-refractivity contribution is 5.92. The summed E-state index contributed by atoms with van der Waals surface area (Å²) in [6.07, 6.45) is 11.0. The number of nitrogens with zero attached hydrogens (tertiary/aromatic N) is 1. The van der Waals surface area contributed by atoms with Crippen molar-refractivity contribution in [1.82, 2.24) is 0 Å². The Hall–Kier alpha value is -0.570. The molecule has 3 N–H and O–H groups in total. The van der Waals surface area contributed by atoms with E-state index < -0.39 is 0 Å². The SMILES string of the molecule is C[C@]12CC[C@@H](O)C[C@@H]1CC[C@H]1[C@H]2CC[C@]2(C)/C(=N/N)CC[C@@H]12. The second kappa shape index (κ2) is 4.96. The van der Waals surface area contributed by atoms with Gasteiger partial charge in [0.05, 0.1) is 6.10 Å². The van der Waals surface area contributed by atoms with E-state index in [-0.39, 0.29) is 11.5 Å². The predicted molar refractivity (Wildman–Crippen MR) is 89.4 cm³/mol. The molecule has 22 heavy (non-hydrogen) atoms. The van der Waals surface area contributed by atoms with Crippen LogP contribution in [0.4, 0.5) is 0 Å². The van der Waals surface area contributed by atoms with Gasteiger partial charge in [0.25, 0.3) is 0 Å². The van der Waals surface area contributed by atoms with Gasteiger partial charge < -0.3 is 10.9 Å². The lowest BCUT2D eigenvalue weighted by molar-refractivity contribution is -0.113. The van der Waals surface area contributed by atoms with E-state index in [9.17, 15) is 5.11 Å². The lowest BCUT2D eigenvalue weighted by Crippen LogP contribution is -2.54. The van der Waals surface area contributed by atoms with Gasteiger partial charge in [0.2, 0.25) is 0 Å². The normalized spacial score (nSPS) is 56.3. The summed E-state index contributed by atoms with van der Waals surface area (Å²) in [5, 5.41) is 14.3. The molecule has 0 spiro atoms. The molecule has 4 aliphatic carbocycles. The van der Waals surface area contributed by atoms with Crippen molar-refractivity contribution in [1.29, 1.82) is 0 Å². The number of rotatable bonds is 0. The quantitative estimate of drug-likeness (QED) is 0.529. The Balaban J connectivity index is 1.63. The lowest BCUT2D eigenvalue weighted by Gasteiger charge is -2.60. The number of hydrazone groups is 1. The molecule has 4 aliphatic rings. The van der Waals surface area contributed by atoms with Crippen LogP contribution in [-0.2, 0) is 0 Å². The fraction of sp³-hybridized carbons (Fsp3) is 0.947. The van der Waals surface area contributed by atoms with Crippen molar-refractivity contribution in [2.45, 2.75) is 77.7 Å². The van der Waals surface area contributed by atoms with Gasteiger partial charge in [-0.1, -0.05) is 13.8 Å². The Morgan fingerprint density at radius 3 is 2.64 bits per heavy atom. The first-order chi connectivity index (χ1) is 10.5. The van der Waals surface area contributed by atoms with E-state index >= 15 is 0 Å². The van der Waals surface area contributed by atoms with Gasteiger partial charge in [-0.15, -0.1) is 0 Å². The Kier molecular flexibility index (Phi) is 3.38. The van der Waals surface area contributed by atoms with Gasteiger partial charge in [0.15, 0.2) is 0 Å². The molecule has 3 nitrogen and oxygen atoms in total. The number of aliphatic hydroxyl groups is 1. The van der Waals surface area contributed by atoms with Gasteiger partial charge in [-0.2, -0.15) is 5.10 Å². The van der Waals surface area contributed by atoms with Gasteiger partial charge in [-0.3, -0.25) is 0 Å². The van der Waals surface area contributed by atoms with Crippen LogP contribution in [0.25, 0.3) is 0 Å². The fourth-order valence-electron chi connectivity index (χ4n) is 7.24. The average Bonchev–Trinajstić information content (AvgIpc) is 2.84. The molecule has 4 saturated carbocycles. The number of hydrogen-bond acceptors (Lipinski definition) is 3. The summed E-state index contributed by atoms with van der Waals surface area (Å²) < 4.78 is 0. The minimum absolute atomic E-state index is 0.0362. The van der Waals surface area contributed by atoms with Gasteiger partial charge in [-0.05, 0) is 86.9 Å². The van der Waals surface area contributed by atoms with Crippen LogP contribution in [0.15, 0.2) is 5.10 Å². The molecule has 0 saturated heterocycles. The smallest absolute Gasteiger partial charge is 0.0543 e. The Labute approximate surface area is 134 Å². The predicted octanol–water partition coefficient (Wildman–Crippen LogP) is 3.70. The second-order valence-electron chi connectivity index (χ2n) is 9.16. The van der Waals surface area contributed by atoms with Crippen LogP contribution in [0.1, 0.15) is 71.6 Å². The fourth-order valence-corrected chi connectivity index (χ4v) is 7.24. The van der Waals surface area contributed by atoms with Crippen LogP contribution in [0.2, 0.25) is 0 Å². The first kappa shape index (κ1) is 15.0. The molecule has 7 atom stereocenters. The topological polar surface area (TPSA) is 58.6 Å². The molecular formula is C19H32N2O. The second-order valence-corrected chi connectivity index (χ2v) is 9.16. The summed E-state index contributed by atoms with van der Waals surface area (Å²) in [7, 11) is 0.